The molecule has 0 aromatic heterocycles. The van der Waals surface area contributed by atoms with Crippen LogP contribution in [0.15, 0.2) is 36.4 Å². The van der Waals surface area contributed by atoms with E-state index in [1.165, 1.54) is 4.90 Å². The van der Waals surface area contributed by atoms with Gasteiger partial charge in [0, 0.05) is 44.8 Å². The Morgan fingerprint density at radius 3 is 2.24 bits per heavy atom. The second kappa shape index (κ2) is 10.3. The lowest BCUT2D eigenvalue weighted by Gasteiger charge is -2.34. The minimum atomic E-state index is -0.253. The molecular weight excluding hydrogens is 420 g/mol. The standard InChI is InChI=1S/C25H32N4O4/c1-2-18-7-3-6-10-21(18)26-22(30)17-27-13-15-28(16-14-27)23(31)11-12-29-24(32)19-8-4-5-9-20(19)25(29)33/h3-7,10,19-20H,2,8-9,11-17H2,1H3,(H,26,30)/t19-,20-/m1/s1. The van der Waals surface area contributed by atoms with Gasteiger partial charge in [-0.2, -0.15) is 0 Å². The first-order chi connectivity index (χ1) is 16.0. The molecule has 176 valence electrons. The highest BCUT2D eigenvalue weighted by Crippen LogP contribution is 2.35. The number of hydrogen-bond acceptors (Lipinski definition) is 5. The molecule has 4 amide bonds. The Bertz CT molecular complexity index is 925. The number of nitrogens with one attached hydrogen (secondary N) is 1. The average molecular weight is 453 g/mol. The van der Waals surface area contributed by atoms with Crippen LogP contribution in [-0.4, -0.2) is 77.6 Å². The number of para-hydroxylation sites is 1. The van der Waals surface area contributed by atoms with Gasteiger partial charge < -0.3 is 10.2 Å². The Labute approximate surface area is 194 Å². The summed E-state index contributed by atoms with van der Waals surface area (Å²) in [4.78, 5) is 55.4. The number of carbonyl (C=O) groups excluding carboxylic acids is 4. The summed E-state index contributed by atoms with van der Waals surface area (Å²) in [7, 11) is 0. The predicted octanol–water partition coefficient (Wildman–Crippen LogP) is 1.67. The minimum Gasteiger partial charge on any atom is -0.340 e. The third-order valence-corrected chi connectivity index (χ3v) is 6.91. The first kappa shape index (κ1) is 23.2. The molecule has 0 radical (unpaired) electrons. The molecule has 2 fully saturated rings. The molecule has 0 spiro atoms. The molecule has 1 N–H and O–H groups in total. The summed E-state index contributed by atoms with van der Waals surface area (Å²) in [5.74, 6) is -0.888. The van der Waals surface area contributed by atoms with Crippen molar-refractivity contribution < 1.29 is 19.2 Å². The predicted molar refractivity (Wildman–Crippen MR) is 124 cm³/mol. The number of allylic oxidation sites excluding steroid dienone is 2. The van der Waals surface area contributed by atoms with E-state index in [2.05, 4.69) is 12.2 Å². The van der Waals surface area contributed by atoms with E-state index in [4.69, 9.17) is 0 Å². The van der Waals surface area contributed by atoms with Crippen LogP contribution < -0.4 is 5.32 Å². The number of rotatable bonds is 7. The molecule has 0 unspecified atom stereocenters. The van der Waals surface area contributed by atoms with Crippen LogP contribution in [-0.2, 0) is 25.6 Å². The third-order valence-electron chi connectivity index (χ3n) is 6.91. The Hall–Kier alpha value is -3.00. The highest BCUT2D eigenvalue weighted by molar-refractivity contribution is 6.05. The van der Waals surface area contributed by atoms with Gasteiger partial charge in [-0.1, -0.05) is 37.3 Å². The normalized spacial score (nSPS) is 23.1. The van der Waals surface area contributed by atoms with E-state index >= 15 is 0 Å². The molecule has 1 aromatic carbocycles. The number of hydrogen-bond donors (Lipinski definition) is 1. The zero-order valence-electron chi connectivity index (χ0n) is 19.2. The topological polar surface area (TPSA) is 90.0 Å². The summed E-state index contributed by atoms with van der Waals surface area (Å²) in [5.41, 5.74) is 1.95. The lowest BCUT2D eigenvalue weighted by atomic mass is 9.85. The molecule has 0 bridgehead atoms. The van der Waals surface area contributed by atoms with Crippen LogP contribution in [0, 0.1) is 11.8 Å². The molecule has 8 heteroatoms. The summed E-state index contributed by atoms with van der Waals surface area (Å²) >= 11 is 0. The van der Waals surface area contributed by atoms with E-state index in [9.17, 15) is 19.2 Å². The monoisotopic (exact) mass is 452 g/mol. The molecule has 2 aliphatic heterocycles. The van der Waals surface area contributed by atoms with Gasteiger partial charge in [-0.3, -0.25) is 29.0 Å². The van der Waals surface area contributed by atoms with E-state index in [1.54, 1.807) is 4.90 Å². The first-order valence-electron chi connectivity index (χ1n) is 11.9. The number of amides is 4. The van der Waals surface area contributed by atoms with Crippen molar-refractivity contribution in [1.29, 1.82) is 0 Å². The van der Waals surface area contributed by atoms with Crippen molar-refractivity contribution in [2.24, 2.45) is 11.8 Å². The molecule has 8 nitrogen and oxygen atoms in total. The molecule has 1 aromatic rings. The van der Waals surface area contributed by atoms with Gasteiger partial charge in [0.15, 0.2) is 0 Å². The maximum Gasteiger partial charge on any atom is 0.238 e. The fraction of sp³-hybridized carbons (Fsp3) is 0.520. The van der Waals surface area contributed by atoms with Crippen molar-refractivity contribution in [3.63, 3.8) is 0 Å². The molecule has 3 aliphatic rings. The van der Waals surface area contributed by atoms with Gasteiger partial charge in [0.2, 0.25) is 23.6 Å². The summed E-state index contributed by atoms with van der Waals surface area (Å²) < 4.78 is 0. The lowest BCUT2D eigenvalue weighted by Crippen LogP contribution is -2.51. The van der Waals surface area contributed by atoms with Gasteiger partial charge in [-0.25, -0.2) is 0 Å². The van der Waals surface area contributed by atoms with Crippen LogP contribution in [0.2, 0.25) is 0 Å². The van der Waals surface area contributed by atoms with E-state index in [0.29, 0.717) is 39.0 Å². The van der Waals surface area contributed by atoms with Crippen LogP contribution in [0.5, 0.6) is 0 Å². The summed E-state index contributed by atoms with van der Waals surface area (Å²) in [6.07, 6.45) is 6.15. The van der Waals surface area contributed by atoms with Gasteiger partial charge in [-0.05, 0) is 30.9 Å². The summed E-state index contributed by atoms with van der Waals surface area (Å²) in [5, 5.41) is 2.99. The van der Waals surface area contributed by atoms with E-state index in [-0.39, 0.29) is 55.0 Å². The van der Waals surface area contributed by atoms with Crippen LogP contribution in [0.4, 0.5) is 5.69 Å². The molecule has 0 saturated carbocycles. The molecule has 2 atom stereocenters. The second-order valence-electron chi connectivity index (χ2n) is 8.95. The van der Waals surface area contributed by atoms with Crippen molar-refractivity contribution >= 4 is 29.3 Å². The molecule has 2 saturated heterocycles. The maximum atomic E-state index is 12.7. The first-order valence-corrected chi connectivity index (χ1v) is 11.9. The summed E-state index contributed by atoms with van der Waals surface area (Å²) in [6, 6.07) is 7.79. The van der Waals surface area contributed by atoms with Gasteiger partial charge >= 0.3 is 0 Å². The SMILES string of the molecule is CCc1ccccc1NC(=O)CN1CCN(C(=O)CCN2C(=O)[C@@H]3CC=CC[C@H]3C2=O)CC1. The van der Waals surface area contributed by atoms with Crippen molar-refractivity contribution in [1.82, 2.24) is 14.7 Å². The van der Waals surface area contributed by atoms with Crippen molar-refractivity contribution in [3.05, 3.63) is 42.0 Å². The fourth-order valence-corrected chi connectivity index (χ4v) is 4.95. The van der Waals surface area contributed by atoms with E-state index in [0.717, 1.165) is 17.7 Å². The Morgan fingerprint density at radius 2 is 1.61 bits per heavy atom. The highest BCUT2D eigenvalue weighted by atomic mass is 16.2. The van der Waals surface area contributed by atoms with Gasteiger partial charge in [0.1, 0.15) is 0 Å². The van der Waals surface area contributed by atoms with Crippen LogP contribution in [0.3, 0.4) is 0 Å². The zero-order valence-corrected chi connectivity index (χ0v) is 19.2. The number of imide groups is 1. The van der Waals surface area contributed by atoms with E-state index in [1.807, 2.05) is 41.3 Å². The maximum absolute atomic E-state index is 12.7. The lowest BCUT2D eigenvalue weighted by molar-refractivity contribution is -0.141. The van der Waals surface area contributed by atoms with Crippen molar-refractivity contribution in [2.45, 2.75) is 32.6 Å². The van der Waals surface area contributed by atoms with Crippen LogP contribution >= 0.6 is 0 Å². The number of likely N-dealkylation sites (tertiary alicyclic amines) is 1. The summed E-state index contributed by atoms with van der Waals surface area (Å²) in [6.45, 7) is 4.80. The van der Waals surface area contributed by atoms with Gasteiger partial charge in [-0.15, -0.1) is 0 Å². The minimum absolute atomic E-state index is 0.0513. The largest absolute Gasteiger partial charge is 0.340 e. The molecule has 2 heterocycles. The van der Waals surface area contributed by atoms with Crippen LogP contribution in [0.25, 0.3) is 0 Å². The zero-order chi connectivity index (χ0) is 23.4. The number of anilines is 1. The van der Waals surface area contributed by atoms with Crippen molar-refractivity contribution in [2.75, 3.05) is 44.6 Å². The number of fused-ring (bicyclic) bond motifs is 1. The highest BCUT2D eigenvalue weighted by Gasteiger charge is 2.47. The van der Waals surface area contributed by atoms with Crippen LogP contribution in [0.1, 0.15) is 31.7 Å². The number of aryl methyl sites for hydroxylation is 1. The third kappa shape index (κ3) is 5.16. The number of benzene rings is 1. The smallest absolute Gasteiger partial charge is 0.238 e. The van der Waals surface area contributed by atoms with E-state index < -0.39 is 0 Å². The molecule has 1 aliphatic carbocycles. The average Bonchev–Trinajstić information content (AvgIpc) is 3.08. The number of carbonyl (C=O) groups is 4. The van der Waals surface area contributed by atoms with Crippen molar-refractivity contribution in [3.8, 4) is 0 Å². The molecular formula is C25H32N4O4. The quantitative estimate of drug-likeness (QED) is 0.502. The molecule has 33 heavy (non-hydrogen) atoms. The Kier molecular flexibility index (Phi) is 7.23. The Balaban J connectivity index is 1.20. The Morgan fingerprint density at radius 1 is 0.970 bits per heavy atom. The number of piperazine rings is 1. The van der Waals surface area contributed by atoms with Gasteiger partial charge in [0.25, 0.3) is 0 Å². The number of nitrogens with zero attached hydrogens (tertiary/aromatic N) is 3. The fourth-order valence-electron chi connectivity index (χ4n) is 4.95. The second-order valence-corrected chi connectivity index (χ2v) is 8.95. The molecule has 4 rings (SSSR count). The van der Waals surface area contributed by atoms with Gasteiger partial charge in [0.05, 0.1) is 18.4 Å².